The van der Waals surface area contributed by atoms with Crippen LogP contribution in [0.4, 0.5) is 11.5 Å². The molecule has 17 heavy (non-hydrogen) atoms. The molecule has 1 atom stereocenters. The van der Waals surface area contributed by atoms with E-state index in [2.05, 4.69) is 20.9 Å². The lowest BCUT2D eigenvalue weighted by Gasteiger charge is -2.09. The van der Waals surface area contributed by atoms with E-state index in [1.54, 1.807) is 25.4 Å². The second-order valence-electron chi connectivity index (χ2n) is 3.88. The minimum atomic E-state index is -0.286. The van der Waals surface area contributed by atoms with Gasteiger partial charge in [0.1, 0.15) is 5.82 Å². The van der Waals surface area contributed by atoms with E-state index in [1.165, 1.54) is 0 Å². The number of hydrogen-bond donors (Lipinski definition) is 3. The Morgan fingerprint density at radius 3 is 2.88 bits per heavy atom. The van der Waals surface area contributed by atoms with Crippen molar-refractivity contribution in [2.75, 3.05) is 24.2 Å². The molecule has 1 aliphatic heterocycles. The molecule has 1 aromatic rings. The molecule has 2 heterocycles. The number of nitrogens with one attached hydrogen (secondary N) is 3. The maximum absolute atomic E-state index is 11.8. The predicted molar refractivity (Wildman–Crippen MR) is 63.5 cm³/mol. The van der Waals surface area contributed by atoms with Crippen LogP contribution in [0.3, 0.4) is 0 Å². The summed E-state index contributed by atoms with van der Waals surface area (Å²) >= 11 is 0. The number of rotatable bonds is 3. The summed E-state index contributed by atoms with van der Waals surface area (Å²) in [6.07, 6.45) is 1.84. The van der Waals surface area contributed by atoms with E-state index in [0.717, 1.165) is 5.82 Å². The Labute approximate surface area is 98.8 Å². The van der Waals surface area contributed by atoms with Gasteiger partial charge in [0.2, 0.25) is 11.8 Å². The summed E-state index contributed by atoms with van der Waals surface area (Å²) in [5.41, 5.74) is 0.633. The molecule has 1 saturated heterocycles. The molecule has 0 bridgehead atoms. The Kier molecular flexibility index (Phi) is 3.22. The molecule has 0 aliphatic carbocycles. The maximum atomic E-state index is 11.8. The Hall–Kier alpha value is -2.11. The van der Waals surface area contributed by atoms with Gasteiger partial charge in [0, 0.05) is 20.0 Å². The molecule has 0 aromatic carbocycles. The molecule has 6 nitrogen and oxygen atoms in total. The highest BCUT2D eigenvalue weighted by molar-refractivity contribution is 5.97. The zero-order chi connectivity index (χ0) is 12.3. The van der Waals surface area contributed by atoms with Gasteiger partial charge in [-0.2, -0.15) is 0 Å². The highest BCUT2D eigenvalue weighted by atomic mass is 16.2. The molecule has 90 valence electrons. The number of nitrogens with zero attached hydrogens (tertiary/aromatic N) is 1. The fourth-order valence-corrected chi connectivity index (χ4v) is 1.65. The van der Waals surface area contributed by atoms with Crippen LogP contribution in [0.25, 0.3) is 0 Å². The van der Waals surface area contributed by atoms with E-state index in [1.807, 2.05) is 0 Å². The summed E-state index contributed by atoms with van der Waals surface area (Å²) in [4.78, 5) is 26.8. The first-order valence-corrected chi connectivity index (χ1v) is 5.40. The van der Waals surface area contributed by atoms with Gasteiger partial charge in [-0.1, -0.05) is 0 Å². The van der Waals surface area contributed by atoms with Crippen LogP contribution in [0.5, 0.6) is 0 Å². The van der Waals surface area contributed by atoms with Crippen molar-refractivity contribution in [1.29, 1.82) is 0 Å². The Bertz CT molecular complexity index is 430. The van der Waals surface area contributed by atoms with E-state index >= 15 is 0 Å². The zero-order valence-electron chi connectivity index (χ0n) is 9.49. The number of anilines is 2. The maximum Gasteiger partial charge on any atom is 0.229 e. The van der Waals surface area contributed by atoms with Crippen LogP contribution in [0.15, 0.2) is 18.3 Å². The number of amides is 2. The van der Waals surface area contributed by atoms with E-state index in [9.17, 15) is 9.59 Å². The van der Waals surface area contributed by atoms with Crippen molar-refractivity contribution in [3.8, 4) is 0 Å². The average molecular weight is 234 g/mol. The summed E-state index contributed by atoms with van der Waals surface area (Å²) in [5.74, 6) is 0.225. The lowest BCUT2D eigenvalue weighted by molar-refractivity contribution is -0.123. The van der Waals surface area contributed by atoms with Crippen LogP contribution in [0, 0.1) is 5.92 Å². The van der Waals surface area contributed by atoms with Gasteiger partial charge in [-0.05, 0) is 12.1 Å². The lowest BCUT2D eigenvalue weighted by atomic mass is 10.1. The summed E-state index contributed by atoms with van der Waals surface area (Å²) < 4.78 is 0. The van der Waals surface area contributed by atoms with Gasteiger partial charge in [-0.3, -0.25) is 9.59 Å². The first kappa shape index (κ1) is 11.4. The van der Waals surface area contributed by atoms with E-state index in [-0.39, 0.29) is 24.2 Å². The summed E-state index contributed by atoms with van der Waals surface area (Å²) in [7, 11) is 1.77. The summed E-state index contributed by atoms with van der Waals surface area (Å²) in [5, 5.41) is 8.25. The summed E-state index contributed by atoms with van der Waals surface area (Å²) in [6.45, 7) is 0.409. The number of hydrogen-bond acceptors (Lipinski definition) is 4. The first-order valence-electron chi connectivity index (χ1n) is 5.40. The van der Waals surface area contributed by atoms with Crippen molar-refractivity contribution in [1.82, 2.24) is 10.3 Å². The Morgan fingerprint density at radius 2 is 2.35 bits per heavy atom. The molecule has 6 heteroatoms. The van der Waals surface area contributed by atoms with Crippen LogP contribution in [-0.2, 0) is 9.59 Å². The van der Waals surface area contributed by atoms with Gasteiger partial charge in [0.15, 0.2) is 0 Å². The van der Waals surface area contributed by atoms with Crippen LogP contribution < -0.4 is 16.0 Å². The van der Waals surface area contributed by atoms with Crippen LogP contribution in [0.2, 0.25) is 0 Å². The average Bonchev–Trinajstić information content (AvgIpc) is 2.77. The molecule has 1 unspecified atom stereocenters. The number of carbonyl (C=O) groups is 2. The van der Waals surface area contributed by atoms with Gasteiger partial charge in [0.25, 0.3) is 0 Å². The molecule has 0 radical (unpaired) electrons. The Balaban J connectivity index is 1.95. The topological polar surface area (TPSA) is 83.1 Å². The quantitative estimate of drug-likeness (QED) is 0.697. The van der Waals surface area contributed by atoms with Crippen LogP contribution in [-0.4, -0.2) is 30.4 Å². The van der Waals surface area contributed by atoms with E-state index < -0.39 is 0 Å². The third-order valence-corrected chi connectivity index (χ3v) is 2.64. The normalized spacial score (nSPS) is 18.6. The molecule has 1 aliphatic rings. The van der Waals surface area contributed by atoms with E-state index in [4.69, 9.17) is 0 Å². The molecule has 1 aromatic heterocycles. The molecule has 3 N–H and O–H groups in total. The van der Waals surface area contributed by atoms with Crippen molar-refractivity contribution in [2.45, 2.75) is 6.42 Å². The minimum Gasteiger partial charge on any atom is -0.373 e. The van der Waals surface area contributed by atoms with Crippen LogP contribution in [0.1, 0.15) is 6.42 Å². The standard InChI is InChI=1S/C11H14N4O2/c1-12-9-3-2-8(6-13-9)15-11(17)7-4-10(16)14-5-7/h2-3,6-7H,4-5H2,1H3,(H,12,13)(H,14,16)(H,15,17). The second-order valence-corrected chi connectivity index (χ2v) is 3.88. The number of pyridine rings is 1. The monoisotopic (exact) mass is 234 g/mol. The second kappa shape index (κ2) is 4.82. The molecule has 0 saturated carbocycles. The van der Waals surface area contributed by atoms with Gasteiger partial charge in [-0.25, -0.2) is 4.98 Å². The third-order valence-electron chi connectivity index (χ3n) is 2.64. The molecule has 2 amide bonds. The molecule has 0 spiro atoms. The van der Waals surface area contributed by atoms with Crippen molar-refractivity contribution in [3.63, 3.8) is 0 Å². The smallest absolute Gasteiger partial charge is 0.229 e. The molecular weight excluding hydrogens is 220 g/mol. The van der Waals surface area contributed by atoms with Gasteiger partial charge >= 0.3 is 0 Å². The van der Waals surface area contributed by atoms with Crippen molar-refractivity contribution >= 4 is 23.3 Å². The SMILES string of the molecule is CNc1ccc(NC(=O)C2CNC(=O)C2)cn1. The third kappa shape index (κ3) is 2.72. The molecular formula is C11H14N4O2. The fraction of sp³-hybridized carbons (Fsp3) is 0.364. The zero-order valence-corrected chi connectivity index (χ0v) is 9.49. The minimum absolute atomic E-state index is 0.0752. The van der Waals surface area contributed by atoms with Crippen LogP contribution >= 0.6 is 0 Å². The Morgan fingerprint density at radius 1 is 1.53 bits per heavy atom. The highest BCUT2D eigenvalue weighted by Crippen LogP contribution is 2.14. The number of aromatic nitrogens is 1. The van der Waals surface area contributed by atoms with Gasteiger partial charge in [-0.15, -0.1) is 0 Å². The first-order chi connectivity index (χ1) is 8.19. The van der Waals surface area contributed by atoms with Gasteiger partial charge in [0.05, 0.1) is 17.8 Å². The molecule has 2 rings (SSSR count). The fourth-order valence-electron chi connectivity index (χ4n) is 1.65. The van der Waals surface area contributed by atoms with Crippen molar-refractivity contribution in [2.24, 2.45) is 5.92 Å². The van der Waals surface area contributed by atoms with E-state index in [0.29, 0.717) is 12.2 Å². The largest absolute Gasteiger partial charge is 0.373 e. The summed E-state index contributed by atoms with van der Waals surface area (Å²) in [6, 6.07) is 3.54. The van der Waals surface area contributed by atoms with Crippen molar-refractivity contribution in [3.05, 3.63) is 18.3 Å². The van der Waals surface area contributed by atoms with Gasteiger partial charge < -0.3 is 16.0 Å². The number of carbonyl (C=O) groups excluding carboxylic acids is 2. The highest BCUT2D eigenvalue weighted by Gasteiger charge is 2.27. The van der Waals surface area contributed by atoms with Crippen molar-refractivity contribution < 1.29 is 9.59 Å². The lowest BCUT2D eigenvalue weighted by Crippen LogP contribution is -2.24. The predicted octanol–water partition coefficient (Wildman–Crippen LogP) is 0.198. The molecule has 1 fully saturated rings.